The molecule has 1 heterocycles. The zero-order valence-corrected chi connectivity index (χ0v) is 11.5. The Hall–Kier alpha value is -1.60. The minimum atomic E-state index is 0.615. The van der Waals surface area contributed by atoms with Gasteiger partial charge in [0.05, 0.1) is 0 Å². The van der Waals surface area contributed by atoms with Crippen molar-refractivity contribution in [3.05, 3.63) is 71.3 Å². The first-order chi connectivity index (χ1) is 9.33. The van der Waals surface area contributed by atoms with Crippen molar-refractivity contribution in [2.75, 3.05) is 6.54 Å². The molecule has 19 heavy (non-hydrogen) atoms. The molecule has 0 saturated carbocycles. The SMILES string of the molecule is C[C@H]1Cc2ccccc2CCN1Cc1ccccc1. The van der Waals surface area contributed by atoms with E-state index in [4.69, 9.17) is 0 Å². The zero-order valence-electron chi connectivity index (χ0n) is 11.5. The third kappa shape index (κ3) is 2.87. The highest BCUT2D eigenvalue weighted by Gasteiger charge is 2.19. The maximum atomic E-state index is 2.61. The number of hydrogen-bond donors (Lipinski definition) is 0. The van der Waals surface area contributed by atoms with E-state index in [1.807, 2.05) is 0 Å². The molecular weight excluding hydrogens is 230 g/mol. The van der Waals surface area contributed by atoms with E-state index in [1.165, 1.54) is 29.5 Å². The normalized spacial score (nSPS) is 19.7. The van der Waals surface area contributed by atoms with Crippen molar-refractivity contribution >= 4 is 0 Å². The van der Waals surface area contributed by atoms with Crippen LogP contribution in [0.15, 0.2) is 54.6 Å². The monoisotopic (exact) mass is 251 g/mol. The topological polar surface area (TPSA) is 3.24 Å². The van der Waals surface area contributed by atoms with Crippen LogP contribution in [0.2, 0.25) is 0 Å². The third-order valence-electron chi connectivity index (χ3n) is 4.15. The summed E-state index contributed by atoms with van der Waals surface area (Å²) >= 11 is 0. The second-order valence-corrected chi connectivity index (χ2v) is 5.53. The summed E-state index contributed by atoms with van der Waals surface area (Å²) in [6.45, 7) is 4.58. The highest BCUT2D eigenvalue weighted by atomic mass is 15.1. The molecule has 0 fully saturated rings. The van der Waals surface area contributed by atoms with Crippen LogP contribution in [0.5, 0.6) is 0 Å². The maximum absolute atomic E-state index is 2.61. The fourth-order valence-corrected chi connectivity index (χ4v) is 2.99. The van der Waals surface area contributed by atoms with Crippen molar-refractivity contribution in [1.82, 2.24) is 4.90 Å². The van der Waals surface area contributed by atoms with Crippen LogP contribution in [0.3, 0.4) is 0 Å². The lowest BCUT2D eigenvalue weighted by Crippen LogP contribution is -2.33. The average Bonchev–Trinajstić information content (AvgIpc) is 2.60. The van der Waals surface area contributed by atoms with Crippen molar-refractivity contribution in [2.45, 2.75) is 32.4 Å². The second kappa shape index (κ2) is 5.58. The Labute approximate surface area is 115 Å². The molecule has 2 aromatic carbocycles. The molecule has 0 saturated heterocycles. The van der Waals surface area contributed by atoms with Crippen LogP contribution in [0.1, 0.15) is 23.6 Å². The summed E-state index contributed by atoms with van der Waals surface area (Å²) in [5.41, 5.74) is 4.48. The summed E-state index contributed by atoms with van der Waals surface area (Å²) in [6.07, 6.45) is 2.34. The van der Waals surface area contributed by atoms with Crippen molar-refractivity contribution in [3.8, 4) is 0 Å². The Morgan fingerprint density at radius 2 is 1.63 bits per heavy atom. The Balaban J connectivity index is 1.76. The molecule has 1 aliphatic rings. The average molecular weight is 251 g/mol. The van der Waals surface area contributed by atoms with Gasteiger partial charge in [0, 0.05) is 19.1 Å². The molecule has 2 aromatic rings. The molecule has 0 aliphatic carbocycles. The second-order valence-electron chi connectivity index (χ2n) is 5.53. The summed E-state index contributed by atoms with van der Waals surface area (Å²) in [6, 6.07) is 20.3. The van der Waals surface area contributed by atoms with Gasteiger partial charge in [-0.05, 0) is 36.5 Å². The Bertz CT molecular complexity index is 532. The summed E-state index contributed by atoms with van der Waals surface area (Å²) in [5, 5.41) is 0. The Kier molecular flexibility index (Phi) is 3.65. The van der Waals surface area contributed by atoms with Gasteiger partial charge in [0.15, 0.2) is 0 Å². The molecule has 3 rings (SSSR count). The van der Waals surface area contributed by atoms with Gasteiger partial charge in [0.2, 0.25) is 0 Å². The van der Waals surface area contributed by atoms with Gasteiger partial charge in [-0.25, -0.2) is 0 Å². The minimum Gasteiger partial charge on any atom is -0.296 e. The molecule has 1 nitrogen and oxygen atoms in total. The minimum absolute atomic E-state index is 0.615. The van der Waals surface area contributed by atoms with Gasteiger partial charge in [-0.1, -0.05) is 54.6 Å². The molecule has 1 atom stereocenters. The van der Waals surface area contributed by atoms with E-state index in [9.17, 15) is 0 Å². The molecule has 0 aromatic heterocycles. The van der Waals surface area contributed by atoms with Crippen molar-refractivity contribution in [2.24, 2.45) is 0 Å². The van der Waals surface area contributed by atoms with E-state index in [0.29, 0.717) is 6.04 Å². The summed E-state index contributed by atoms with van der Waals surface area (Å²) in [4.78, 5) is 2.61. The van der Waals surface area contributed by atoms with Crippen LogP contribution in [0.25, 0.3) is 0 Å². The lowest BCUT2D eigenvalue weighted by molar-refractivity contribution is 0.207. The van der Waals surface area contributed by atoms with E-state index < -0.39 is 0 Å². The highest BCUT2D eigenvalue weighted by molar-refractivity contribution is 5.29. The largest absolute Gasteiger partial charge is 0.296 e. The zero-order chi connectivity index (χ0) is 13.1. The van der Waals surface area contributed by atoms with Crippen LogP contribution < -0.4 is 0 Å². The maximum Gasteiger partial charge on any atom is 0.0236 e. The molecule has 0 N–H and O–H groups in total. The van der Waals surface area contributed by atoms with Crippen molar-refractivity contribution < 1.29 is 0 Å². The van der Waals surface area contributed by atoms with E-state index in [2.05, 4.69) is 66.4 Å². The highest BCUT2D eigenvalue weighted by Crippen LogP contribution is 2.21. The van der Waals surface area contributed by atoms with Gasteiger partial charge in [-0.3, -0.25) is 4.90 Å². The van der Waals surface area contributed by atoms with Crippen LogP contribution in [0, 0.1) is 0 Å². The van der Waals surface area contributed by atoms with Crippen LogP contribution in [-0.2, 0) is 19.4 Å². The smallest absolute Gasteiger partial charge is 0.0236 e. The number of rotatable bonds is 2. The van der Waals surface area contributed by atoms with Crippen molar-refractivity contribution in [3.63, 3.8) is 0 Å². The lowest BCUT2D eigenvalue weighted by atomic mass is 10.0. The predicted molar refractivity (Wildman–Crippen MR) is 80.2 cm³/mol. The molecule has 0 unspecified atom stereocenters. The molecular formula is C18H21N. The molecule has 0 spiro atoms. The summed E-state index contributed by atoms with van der Waals surface area (Å²) < 4.78 is 0. The number of fused-ring (bicyclic) bond motifs is 1. The van der Waals surface area contributed by atoms with E-state index in [-0.39, 0.29) is 0 Å². The van der Waals surface area contributed by atoms with Gasteiger partial charge < -0.3 is 0 Å². The summed E-state index contributed by atoms with van der Waals surface area (Å²) in [5.74, 6) is 0. The van der Waals surface area contributed by atoms with E-state index >= 15 is 0 Å². The van der Waals surface area contributed by atoms with Crippen LogP contribution in [0.4, 0.5) is 0 Å². The van der Waals surface area contributed by atoms with Gasteiger partial charge in [0.1, 0.15) is 0 Å². The molecule has 0 radical (unpaired) electrons. The van der Waals surface area contributed by atoms with Crippen LogP contribution >= 0.6 is 0 Å². The van der Waals surface area contributed by atoms with Gasteiger partial charge in [-0.15, -0.1) is 0 Å². The predicted octanol–water partition coefficient (Wildman–Crippen LogP) is 3.68. The Morgan fingerprint density at radius 3 is 2.42 bits per heavy atom. The third-order valence-corrected chi connectivity index (χ3v) is 4.15. The Morgan fingerprint density at radius 1 is 0.947 bits per heavy atom. The first-order valence-corrected chi connectivity index (χ1v) is 7.17. The molecule has 1 aliphatic heterocycles. The molecule has 0 amide bonds. The first kappa shape index (κ1) is 12.4. The number of nitrogens with zero attached hydrogens (tertiary/aromatic N) is 1. The first-order valence-electron chi connectivity index (χ1n) is 7.17. The molecule has 0 bridgehead atoms. The fourth-order valence-electron chi connectivity index (χ4n) is 2.99. The van der Waals surface area contributed by atoms with Gasteiger partial charge in [0.25, 0.3) is 0 Å². The summed E-state index contributed by atoms with van der Waals surface area (Å²) in [7, 11) is 0. The standard InChI is InChI=1S/C18H21N/c1-15-13-18-10-6-5-9-17(18)11-12-19(15)14-16-7-3-2-4-8-16/h2-10,15H,11-14H2,1H3/t15-/m0/s1. The number of benzene rings is 2. The quantitative estimate of drug-likeness (QED) is 0.787. The van der Waals surface area contributed by atoms with Crippen molar-refractivity contribution in [1.29, 1.82) is 0 Å². The molecule has 98 valence electrons. The van der Waals surface area contributed by atoms with E-state index in [0.717, 1.165) is 13.1 Å². The van der Waals surface area contributed by atoms with E-state index in [1.54, 1.807) is 0 Å². The fraction of sp³-hybridized carbons (Fsp3) is 0.333. The number of hydrogen-bond acceptors (Lipinski definition) is 1. The van der Waals surface area contributed by atoms with Gasteiger partial charge >= 0.3 is 0 Å². The lowest BCUT2D eigenvalue weighted by Gasteiger charge is -2.27. The van der Waals surface area contributed by atoms with Crippen LogP contribution in [-0.4, -0.2) is 17.5 Å². The molecule has 1 heteroatoms. The van der Waals surface area contributed by atoms with Gasteiger partial charge in [-0.2, -0.15) is 0 Å².